The lowest BCUT2D eigenvalue weighted by Gasteiger charge is -2.36. The first-order chi connectivity index (χ1) is 11.0. The summed E-state index contributed by atoms with van der Waals surface area (Å²) in [6.07, 6.45) is 4.44. The molecule has 4 nitrogen and oxygen atoms in total. The van der Waals surface area contributed by atoms with Crippen molar-refractivity contribution in [2.24, 2.45) is 5.92 Å². The van der Waals surface area contributed by atoms with E-state index < -0.39 is 5.60 Å². The first kappa shape index (κ1) is 18.1. The van der Waals surface area contributed by atoms with Crippen molar-refractivity contribution in [2.45, 2.75) is 51.6 Å². The normalized spacial score (nSPS) is 24.3. The Morgan fingerprint density at radius 1 is 1.39 bits per heavy atom. The Bertz CT molecular complexity index is 539. The van der Waals surface area contributed by atoms with Crippen LogP contribution in [0.1, 0.15) is 46.0 Å². The fourth-order valence-electron chi connectivity index (χ4n) is 2.91. The van der Waals surface area contributed by atoms with Crippen molar-refractivity contribution in [3.63, 3.8) is 0 Å². The van der Waals surface area contributed by atoms with Crippen molar-refractivity contribution in [1.29, 1.82) is 0 Å². The third kappa shape index (κ3) is 4.39. The number of anilines is 1. The Kier molecular flexibility index (Phi) is 6.31. The minimum absolute atomic E-state index is 0.0924. The quantitative estimate of drug-likeness (QED) is 0.819. The standard InChI is InChI=1S/C18H26ClNO3/c1-4-11-23-16-6-5-14(12-15(16)19)20-17(21)18(22-3)9-7-13(2)8-10-18/h5-6,12-13H,4,7-11H2,1-3H3,(H,20,21). The van der Waals surface area contributed by atoms with Crippen LogP contribution in [0.15, 0.2) is 18.2 Å². The molecule has 1 saturated carbocycles. The van der Waals surface area contributed by atoms with Crippen molar-refractivity contribution in [3.05, 3.63) is 23.2 Å². The molecule has 1 aromatic rings. The third-order valence-corrected chi connectivity index (χ3v) is 4.83. The molecule has 2 rings (SSSR count). The van der Waals surface area contributed by atoms with E-state index in [0.29, 0.717) is 29.0 Å². The summed E-state index contributed by atoms with van der Waals surface area (Å²) in [5.41, 5.74) is -0.0602. The van der Waals surface area contributed by atoms with Gasteiger partial charge in [0.25, 0.3) is 5.91 Å². The van der Waals surface area contributed by atoms with E-state index in [-0.39, 0.29) is 5.91 Å². The van der Waals surface area contributed by atoms with Crippen molar-refractivity contribution in [3.8, 4) is 5.75 Å². The van der Waals surface area contributed by atoms with E-state index in [2.05, 4.69) is 12.2 Å². The molecule has 0 unspecified atom stereocenters. The molecule has 0 radical (unpaired) electrons. The van der Waals surface area contributed by atoms with Gasteiger partial charge in [-0.3, -0.25) is 4.79 Å². The van der Waals surface area contributed by atoms with Crippen molar-refractivity contribution in [2.75, 3.05) is 19.0 Å². The van der Waals surface area contributed by atoms with E-state index >= 15 is 0 Å². The summed E-state index contributed by atoms with van der Waals surface area (Å²) in [5.74, 6) is 1.19. The van der Waals surface area contributed by atoms with Crippen LogP contribution < -0.4 is 10.1 Å². The van der Waals surface area contributed by atoms with E-state index in [9.17, 15) is 4.79 Å². The number of amides is 1. The highest BCUT2D eigenvalue weighted by atomic mass is 35.5. The average molecular weight is 340 g/mol. The number of hydrogen-bond acceptors (Lipinski definition) is 3. The molecular weight excluding hydrogens is 314 g/mol. The Labute approximate surface area is 143 Å². The monoisotopic (exact) mass is 339 g/mol. The molecule has 0 spiro atoms. The number of nitrogens with one attached hydrogen (secondary N) is 1. The third-order valence-electron chi connectivity index (χ3n) is 4.54. The van der Waals surface area contributed by atoms with Gasteiger partial charge >= 0.3 is 0 Å². The largest absolute Gasteiger partial charge is 0.492 e. The molecule has 1 aromatic carbocycles. The van der Waals surface area contributed by atoms with Gasteiger partial charge < -0.3 is 14.8 Å². The molecule has 0 bridgehead atoms. The molecule has 0 aromatic heterocycles. The summed E-state index contributed by atoms with van der Waals surface area (Å²) >= 11 is 6.21. The maximum atomic E-state index is 12.7. The first-order valence-corrected chi connectivity index (χ1v) is 8.67. The fraction of sp³-hybridized carbons (Fsp3) is 0.611. The van der Waals surface area contributed by atoms with E-state index in [0.717, 1.165) is 32.1 Å². The van der Waals surface area contributed by atoms with Gasteiger partial charge in [0.1, 0.15) is 11.4 Å². The van der Waals surface area contributed by atoms with Crippen molar-refractivity contribution >= 4 is 23.2 Å². The number of halogens is 1. The maximum absolute atomic E-state index is 12.7. The average Bonchev–Trinajstić information content (AvgIpc) is 2.55. The van der Waals surface area contributed by atoms with Crippen LogP contribution in [0.3, 0.4) is 0 Å². The molecule has 1 aliphatic rings. The molecular formula is C18H26ClNO3. The highest BCUT2D eigenvalue weighted by Gasteiger charge is 2.41. The number of carbonyl (C=O) groups is 1. The van der Waals surface area contributed by atoms with Crippen LogP contribution in [-0.2, 0) is 9.53 Å². The molecule has 128 valence electrons. The SMILES string of the molecule is CCCOc1ccc(NC(=O)C2(OC)CCC(C)CC2)cc1Cl. The molecule has 1 N–H and O–H groups in total. The summed E-state index contributed by atoms with van der Waals surface area (Å²) < 4.78 is 11.1. The van der Waals surface area contributed by atoms with Crippen LogP contribution in [0.4, 0.5) is 5.69 Å². The van der Waals surface area contributed by atoms with Crippen molar-refractivity contribution in [1.82, 2.24) is 0 Å². The minimum atomic E-state index is -0.726. The highest BCUT2D eigenvalue weighted by Crippen LogP contribution is 2.36. The molecule has 5 heteroatoms. The Hall–Kier alpha value is -1.26. The number of rotatable bonds is 6. The predicted octanol–water partition coefficient (Wildman–Crippen LogP) is 4.66. The van der Waals surface area contributed by atoms with E-state index in [1.54, 1.807) is 19.2 Å². The van der Waals surface area contributed by atoms with E-state index in [1.165, 1.54) is 0 Å². The van der Waals surface area contributed by atoms with Gasteiger partial charge in [-0.25, -0.2) is 0 Å². The van der Waals surface area contributed by atoms with Gasteiger partial charge in [-0.15, -0.1) is 0 Å². The van der Waals surface area contributed by atoms with Gasteiger partial charge in [-0.05, 0) is 56.2 Å². The zero-order valence-electron chi connectivity index (χ0n) is 14.2. The highest BCUT2D eigenvalue weighted by molar-refractivity contribution is 6.32. The minimum Gasteiger partial charge on any atom is -0.492 e. The Morgan fingerprint density at radius 2 is 2.09 bits per heavy atom. The number of ether oxygens (including phenoxy) is 2. The van der Waals surface area contributed by atoms with Gasteiger partial charge in [0.15, 0.2) is 0 Å². The second kappa shape index (κ2) is 8.02. The molecule has 0 atom stereocenters. The number of hydrogen-bond donors (Lipinski definition) is 1. The second-order valence-electron chi connectivity index (χ2n) is 6.33. The fourth-order valence-corrected chi connectivity index (χ4v) is 3.14. The molecule has 0 saturated heterocycles. The number of methoxy groups -OCH3 is 1. The second-order valence-corrected chi connectivity index (χ2v) is 6.74. The lowest BCUT2D eigenvalue weighted by molar-refractivity contribution is -0.142. The van der Waals surface area contributed by atoms with Crippen molar-refractivity contribution < 1.29 is 14.3 Å². The molecule has 1 amide bonds. The van der Waals surface area contributed by atoms with Crippen LogP contribution in [0, 0.1) is 5.92 Å². The van der Waals surface area contributed by atoms with Crippen LogP contribution in [0.25, 0.3) is 0 Å². The topological polar surface area (TPSA) is 47.6 Å². The van der Waals surface area contributed by atoms with Gasteiger partial charge in [-0.1, -0.05) is 25.4 Å². The Balaban J connectivity index is 2.05. The maximum Gasteiger partial charge on any atom is 0.256 e. The summed E-state index contributed by atoms with van der Waals surface area (Å²) in [5, 5.41) is 3.44. The summed E-state index contributed by atoms with van der Waals surface area (Å²) in [6, 6.07) is 5.32. The summed E-state index contributed by atoms with van der Waals surface area (Å²) in [4.78, 5) is 12.7. The zero-order chi connectivity index (χ0) is 16.9. The molecule has 1 aliphatic carbocycles. The van der Waals surface area contributed by atoms with E-state index in [4.69, 9.17) is 21.1 Å². The van der Waals surface area contributed by atoms with Crippen LogP contribution in [-0.4, -0.2) is 25.2 Å². The van der Waals surface area contributed by atoms with Crippen LogP contribution in [0.2, 0.25) is 5.02 Å². The lowest BCUT2D eigenvalue weighted by atomic mass is 9.79. The van der Waals surface area contributed by atoms with Gasteiger partial charge in [-0.2, -0.15) is 0 Å². The molecule has 0 aliphatic heterocycles. The molecule has 0 heterocycles. The van der Waals surface area contributed by atoms with Gasteiger partial charge in [0.05, 0.1) is 11.6 Å². The number of carbonyl (C=O) groups excluding carboxylic acids is 1. The smallest absolute Gasteiger partial charge is 0.256 e. The molecule has 23 heavy (non-hydrogen) atoms. The first-order valence-electron chi connectivity index (χ1n) is 8.29. The summed E-state index contributed by atoms with van der Waals surface area (Å²) in [7, 11) is 1.62. The van der Waals surface area contributed by atoms with Crippen LogP contribution in [0.5, 0.6) is 5.75 Å². The summed E-state index contributed by atoms with van der Waals surface area (Å²) in [6.45, 7) is 4.88. The molecule has 1 fully saturated rings. The van der Waals surface area contributed by atoms with Gasteiger partial charge in [0, 0.05) is 12.8 Å². The Morgan fingerprint density at radius 3 is 2.65 bits per heavy atom. The number of benzene rings is 1. The van der Waals surface area contributed by atoms with Crippen LogP contribution >= 0.6 is 11.6 Å². The van der Waals surface area contributed by atoms with E-state index in [1.807, 2.05) is 13.0 Å². The predicted molar refractivity (Wildman–Crippen MR) is 93.2 cm³/mol. The van der Waals surface area contributed by atoms with Gasteiger partial charge in [0.2, 0.25) is 0 Å². The lowest BCUT2D eigenvalue weighted by Crippen LogP contribution is -2.47. The zero-order valence-corrected chi connectivity index (χ0v) is 14.9.